The molecule has 1 heterocycles. The highest BCUT2D eigenvalue weighted by Crippen LogP contribution is 2.35. The highest BCUT2D eigenvalue weighted by molar-refractivity contribution is 6.31. The molecule has 0 unspecified atom stereocenters. The third-order valence-corrected chi connectivity index (χ3v) is 4.20. The van der Waals surface area contributed by atoms with Crippen LogP contribution < -0.4 is 14.8 Å². The number of fused-ring (bicyclic) bond motifs is 1. The lowest BCUT2D eigenvalue weighted by molar-refractivity contribution is 0.171. The van der Waals surface area contributed by atoms with Crippen LogP contribution >= 0.6 is 11.6 Å². The van der Waals surface area contributed by atoms with E-state index < -0.39 is 0 Å². The van der Waals surface area contributed by atoms with Crippen molar-refractivity contribution in [2.45, 2.75) is 44.6 Å². The molecular weight excluding hydrogens is 274 g/mol. The van der Waals surface area contributed by atoms with Crippen molar-refractivity contribution >= 4 is 11.6 Å². The first-order valence-corrected chi connectivity index (χ1v) is 8.02. The van der Waals surface area contributed by atoms with Gasteiger partial charge in [-0.05, 0) is 50.3 Å². The van der Waals surface area contributed by atoms with Crippen molar-refractivity contribution in [1.82, 2.24) is 5.32 Å². The molecule has 1 aromatic rings. The van der Waals surface area contributed by atoms with Gasteiger partial charge in [-0.3, -0.25) is 0 Å². The van der Waals surface area contributed by atoms with E-state index in [1.54, 1.807) is 0 Å². The zero-order valence-corrected chi connectivity index (χ0v) is 12.5. The molecule has 2 aliphatic rings. The minimum Gasteiger partial charge on any atom is -0.486 e. The quantitative estimate of drug-likeness (QED) is 0.780. The van der Waals surface area contributed by atoms with Crippen molar-refractivity contribution in [3.8, 4) is 11.5 Å². The lowest BCUT2D eigenvalue weighted by Crippen LogP contribution is -2.17. The zero-order chi connectivity index (χ0) is 13.8. The Bertz CT molecular complexity index is 460. The number of rotatable bonds is 7. The largest absolute Gasteiger partial charge is 0.486 e. The maximum Gasteiger partial charge on any atom is 0.162 e. The Labute approximate surface area is 125 Å². The third-order valence-electron chi connectivity index (χ3n) is 3.84. The molecule has 3 nitrogen and oxygen atoms in total. The van der Waals surface area contributed by atoms with Crippen LogP contribution in [0.5, 0.6) is 11.5 Å². The predicted octanol–water partition coefficient (Wildman–Crippen LogP) is 3.58. The van der Waals surface area contributed by atoms with Crippen molar-refractivity contribution < 1.29 is 9.47 Å². The monoisotopic (exact) mass is 295 g/mol. The highest BCUT2D eigenvalue weighted by atomic mass is 35.5. The second kappa shape index (κ2) is 6.68. The Hall–Kier alpha value is -0.930. The number of nitrogens with one attached hydrogen (secondary N) is 1. The van der Waals surface area contributed by atoms with Gasteiger partial charge in [-0.1, -0.05) is 18.0 Å². The number of benzene rings is 1. The second-order valence-corrected chi connectivity index (χ2v) is 6.03. The van der Waals surface area contributed by atoms with E-state index in [0.717, 1.165) is 35.5 Å². The van der Waals surface area contributed by atoms with Crippen LogP contribution in [0.2, 0.25) is 5.02 Å². The van der Waals surface area contributed by atoms with Gasteiger partial charge in [-0.2, -0.15) is 0 Å². The average molecular weight is 296 g/mol. The molecule has 4 heteroatoms. The normalized spacial score (nSPS) is 17.2. The molecule has 0 amide bonds. The molecule has 1 saturated carbocycles. The van der Waals surface area contributed by atoms with E-state index in [1.165, 1.54) is 37.7 Å². The molecule has 0 radical (unpaired) electrons. The fraction of sp³-hybridized carbons (Fsp3) is 0.625. The molecule has 20 heavy (non-hydrogen) atoms. The van der Waals surface area contributed by atoms with Gasteiger partial charge in [-0.15, -0.1) is 0 Å². The van der Waals surface area contributed by atoms with Crippen LogP contribution in [0.1, 0.15) is 37.7 Å². The van der Waals surface area contributed by atoms with Gasteiger partial charge < -0.3 is 14.8 Å². The second-order valence-electron chi connectivity index (χ2n) is 5.63. The minimum atomic E-state index is 0.608. The summed E-state index contributed by atoms with van der Waals surface area (Å²) >= 11 is 6.30. The highest BCUT2D eigenvalue weighted by Gasteiger charge is 2.19. The summed E-state index contributed by atoms with van der Waals surface area (Å²) in [7, 11) is 0. The van der Waals surface area contributed by atoms with E-state index in [-0.39, 0.29) is 0 Å². The molecule has 3 rings (SSSR count). The van der Waals surface area contributed by atoms with E-state index in [1.807, 2.05) is 12.1 Å². The van der Waals surface area contributed by atoms with Gasteiger partial charge in [0.15, 0.2) is 11.5 Å². The first-order chi connectivity index (χ1) is 9.83. The Morgan fingerprint density at radius 3 is 2.55 bits per heavy atom. The van der Waals surface area contributed by atoms with Gasteiger partial charge in [0.1, 0.15) is 13.2 Å². The predicted molar refractivity (Wildman–Crippen MR) is 81.0 cm³/mol. The van der Waals surface area contributed by atoms with Crippen molar-refractivity contribution in [2.75, 3.05) is 19.8 Å². The van der Waals surface area contributed by atoms with Gasteiger partial charge in [0.2, 0.25) is 0 Å². The Kier molecular flexibility index (Phi) is 4.69. The Morgan fingerprint density at radius 1 is 1.05 bits per heavy atom. The first-order valence-electron chi connectivity index (χ1n) is 7.64. The van der Waals surface area contributed by atoms with Crippen LogP contribution in [0.3, 0.4) is 0 Å². The van der Waals surface area contributed by atoms with Gasteiger partial charge in [0.25, 0.3) is 0 Å². The van der Waals surface area contributed by atoms with Crippen LogP contribution in [0, 0.1) is 0 Å². The molecule has 0 aromatic heterocycles. The van der Waals surface area contributed by atoms with E-state index in [4.69, 9.17) is 21.1 Å². The van der Waals surface area contributed by atoms with Crippen molar-refractivity contribution in [1.29, 1.82) is 0 Å². The van der Waals surface area contributed by atoms with Crippen molar-refractivity contribution in [2.24, 2.45) is 0 Å². The van der Waals surface area contributed by atoms with Crippen LogP contribution in [0.4, 0.5) is 0 Å². The van der Waals surface area contributed by atoms with Crippen LogP contribution in [0.25, 0.3) is 0 Å². The molecule has 0 atom stereocenters. The first kappa shape index (κ1) is 14.0. The average Bonchev–Trinajstić information content (AvgIpc) is 3.27. The molecule has 1 N–H and O–H groups in total. The molecule has 1 aromatic carbocycles. The number of halogens is 1. The number of aryl methyl sites for hydroxylation is 1. The lowest BCUT2D eigenvalue weighted by Gasteiger charge is -2.19. The third kappa shape index (κ3) is 3.80. The summed E-state index contributed by atoms with van der Waals surface area (Å²) in [5, 5.41) is 4.34. The maximum absolute atomic E-state index is 6.30. The summed E-state index contributed by atoms with van der Waals surface area (Å²) in [4.78, 5) is 0. The Balaban J connectivity index is 1.44. The number of hydrogen-bond acceptors (Lipinski definition) is 3. The SMILES string of the molecule is Clc1cc2c(cc1CCCCCNC1CC1)OCCO2. The summed E-state index contributed by atoms with van der Waals surface area (Å²) < 4.78 is 11.1. The number of unbranched alkanes of at least 4 members (excludes halogenated alkanes) is 2. The topological polar surface area (TPSA) is 30.5 Å². The van der Waals surface area contributed by atoms with E-state index in [2.05, 4.69) is 5.32 Å². The smallest absolute Gasteiger partial charge is 0.162 e. The molecular formula is C16H22ClNO2. The fourth-order valence-electron chi connectivity index (χ4n) is 2.51. The molecule has 1 fully saturated rings. The number of hydrogen-bond donors (Lipinski definition) is 1. The zero-order valence-electron chi connectivity index (χ0n) is 11.8. The molecule has 1 aliphatic carbocycles. The summed E-state index contributed by atoms with van der Waals surface area (Å²) in [6.07, 6.45) is 7.41. The molecule has 0 spiro atoms. The summed E-state index contributed by atoms with van der Waals surface area (Å²) in [5.74, 6) is 1.62. The fourth-order valence-corrected chi connectivity index (χ4v) is 2.76. The van der Waals surface area contributed by atoms with E-state index in [9.17, 15) is 0 Å². The van der Waals surface area contributed by atoms with Crippen LogP contribution in [0.15, 0.2) is 12.1 Å². The van der Waals surface area contributed by atoms with Crippen molar-refractivity contribution in [3.63, 3.8) is 0 Å². The van der Waals surface area contributed by atoms with E-state index in [0.29, 0.717) is 13.2 Å². The van der Waals surface area contributed by atoms with Crippen LogP contribution in [-0.2, 0) is 6.42 Å². The summed E-state index contributed by atoms with van der Waals surface area (Å²) in [6, 6.07) is 4.75. The Morgan fingerprint density at radius 2 is 1.80 bits per heavy atom. The maximum atomic E-state index is 6.30. The molecule has 110 valence electrons. The van der Waals surface area contributed by atoms with Gasteiger partial charge in [0, 0.05) is 17.1 Å². The molecule has 1 aliphatic heterocycles. The molecule has 0 saturated heterocycles. The van der Waals surface area contributed by atoms with Gasteiger partial charge >= 0.3 is 0 Å². The van der Waals surface area contributed by atoms with Gasteiger partial charge in [0.05, 0.1) is 0 Å². The lowest BCUT2D eigenvalue weighted by atomic mass is 10.1. The van der Waals surface area contributed by atoms with Crippen molar-refractivity contribution in [3.05, 3.63) is 22.7 Å². The minimum absolute atomic E-state index is 0.608. The standard InChI is InChI=1S/C16H22ClNO2/c17-14-11-16-15(19-8-9-20-16)10-12(14)4-2-1-3-7-18-13-5-6-13/h10-11,13,18H,1-9H2. The number of ether oxygens (including phenoxy) is 2. The summed E-state index contributed by atoms with van der Waals surface area (Å²) in [6.45, 7) is 2.39. The van der Waals surface area contributed by atoms with Crippen LogP contribution in [-0.4, -0.2) is 25.8 Å². The van der Waals surface area contributed by atoms with E-state index >= 15 is 0 Å². The summed E-state index contributed by atoms with van der Waals surface area (Å²) in [5.41, 5.74) is 1.17. The van der Waals surface area contributed by atoms with Gasteiger partial charge in [-0.25, -0.2) is 0 Å². The molecule has 0 bridgehead atoms.